The lowest BCUT2D eigenvalue weighted by molar-refractivity contribution is -0.140. The molecule has 34 heavy (non-hydrogen) atoms. The van der Waals surface area contributed by atoms with Crippen LogP contribution in [0.1, 0.15) is 35.8 Å². The number of aliphatic hydroxyl groups excluding tert-OH is 1. The molecule has 3 atom stereocenters. The number of aryl methyl sites for hydroxylation is 1. The Labute approximate surface area is 198 Å². The zero-order valence-corrected chi connectivity index (χ0v) is 19.8. The van der Waals surface area contributed by atoms with E-state index >= 15 is 0 Å². The third kappa shape index (κ3) is 5.45. The highest BCUT2D eigenvalue weighted by Crippen LogP contribution is 2.48. The van der Waals surface area contributed by atoms with Crippen LogP contribution in [0.3, 0.4) is 0 Å². The van der Waals surface area contributed by atoms with Crippen molar-refractivity contribution in [3.63, 3.8) is 0 Å². The quantitative estimate of drug-likeness (QED) is 0.233. The number of rotatable bonds is 9. The van der Waals surface area contributed by atoms with Gasteiger partial charge in [0.15, 0.2) is 0 Å². The van der Waals surface area contributed by atoms with Crippen molar-refractivity contribution in [2.75, 3.05) is 0 Å². The number of carbonyl (C=O) groups excluding carboxylic acids is 1. The normalized spacial score (nSPS) is 13.1. The number of aromatic nitrogens is 1. The summed E-state index contributed by atoms with van der Waals surface area (Å²) in [5.74, 6) is -1.20. The maximum Gasteiger partial charge on any atom is 0.516 e. The van der Waals surface area contributed by atoms with Crippen LogP contribution in [-0.2, 0) is 20.5 Å². The van der Waals surface area contributed by atoms with Crippen LogP contribution in [0, 0.1) is 12.7 Å². The maximum atomic E-state index is 13.7. The molecule has 8 heteroatoms. The van der Waals surface area contributed by atoms with Crippen LogP contribution in [-0.4, -0.2) is 27.1 Å². The van der Waals surface area contributed by atoms with Gasteiger partial charge in [0.2, 0.25) is 5.66 Å². The molecule has 0 fully saturated rings. The average Bonchev–Trinajstić information content (AvgIpc) is 2.81. The monoisotopic (exact) mass is 482 g/mol. The Morgan fingerprint density at radius 3 is 2.38 bits per heavy atom. The molecule has 2 N–H and O–H groups in total. The molecule has 0 bridgehead atoms. The maximum absolute atomic E-state index is 13.7. The summed E-state index contributed by atoms with van der Waals surface area (Å²) in [5.41, 5.74) is 2.94. The molecule has 3 rings (SSSR count). The van der Waals surface area contributed by atoms with E-state index < -0.39 is 38.0 Å². The highest BCUT2D eigenvalue weighted by Gasteiger charge is 2.43. The molecule has 1 aromatic heterocycles. The molecule has 3 aromatic rings. The molecular weight excluding hydrogens is 456 g/mol. The topological polar surface area (TPSA) is 96.7 Å². The van der Waals surface area contributed by atoms with E-state index in [0.29, 0.717) is 40.1 Å². The fourth-order valence-electron chi connectivity index (χ4n) is 4.07. The van der Waals surface area contributed by atoms with Crippen LogP contribution in [0.15, 0.2) is 67.4 Å². The lowest BCUT2D eigenvalue weighted by Gasteiger charge is -2.23. The first kappa shape index (κ1) is 25.4. The van der Waals surface area contributed by atoms with Gasteiger partial charge in [-0.1, -0.05) is 56.0 Å². The second kappa shape index (κ2) is 11.3. The van der Waals surface area contributed by atoms with E-state index in [1.807, 2.05) is 44.2 Å². The number of hydrogen-bond donors (Lipinski definition) is 2. The Morgan fingerprint density at radius 1 is 1.18 bits per heavy atom. The van der Waals surface area contributed by atoms with Crippen molar-refractivity contribution in [1.82, 2.24) is 4.98 Å². The number of nitrogens with zero attached hydrogens (tertiary/aromatic N) is 1. The second-order valence-corrected chi connectivity index (χ2v) is 8.88. The fourth-order valence-corrected chi connectivity index (χ4v) is 4.97. The first-order chi connectivity index (χ1) is 16.3. The van der Waals surface area contributed by atoms with Gasteiger partial charge in [-0.05, 0) is 46.7 Å². The summed E-state index contributed by atoms with van der Waals surface area (Å²) in [6.45, 7) is 6.99. The third-order valence-corrected chi connectivity index (χ3v) is 6.64. The molecule has 0 aliphatic heterocycles. The number of aliphatic hydroxyl groups is 1. The molecule has 0 aliphatic carbocycles. The van der Waals surface area contributed by atoms with Gasteiger partial charge in [0.25, 0.3) is 0 Å². The highest BCUT2D eigenvalue weighted by atomic mass is 31.1. The first-order valence-electron chi connectivity index (χ1n) is 10.8. The summed E-state index contributed by atoms with van der Waals surface area (Å²) in [6, 6.07) is 15.2. The van der Waals surface area contributed by atoms with E-state index in [9.17, 15) is 23.7 Å². The predicted molar refractivity (Wildman–Crippen MR) is 129 cm³/mol. The van der Waals surface area contributed by atoms with Gasteiger partial charge in [-0.3, -0.25) is 9.78 Å². The van der Waals surface area contributed by atoms with E-state index in [1.54, 1.807) is 12.1 Å². The molecule has 1 heterocycles. The standard InChI is InChI=1S/C26H25FNO5P/c1-4-20-24(26(34(31)32)21(29)15-22(30)33-5-2)23(17-11-13-19(27)14-12-17)16(3)25(28-20)18-9-7-6-8-10-18/h5-14,21,26,29H,2,4,15H2,1,3H3/p+1. The molecule has 0 aliphatic rings. The zero-order valence-electron chi connectivity index (χ0n) is 18.9. The van der Waals surface area contributed by atoms with Gasteiger partial charge >= 0.3 is 14.0 Å². The van der Waals surface area contributed by atoms with E-state index in [2.05, 4.69) is 6.58 Å². The molecule has 0 amide bonds. The molecule has 0 saturated heterocycles. The minimum absolute atomic E-state index is 0.355. The lowest BCUT2D eigenvalue weighted by atomic mass is 9.87. The minimum Gasteiger partial charge on any atom is -0.435 e. The summed E-state index contributed by atoms with van der Waals surface area (Å²) in [5, 5.41) is 10.9. The number of benzene rings is 2. The van der Waals surface area contributed by atoms with Gasteiger partial charge in [-0.2, -0.15) is 4.89 Å². The van der Waals surface area contributed by atoms with Crippen molar-refractivity contribution in [2.45, 2.75) is 38.5 Å². The van der Waals surface area contributed by atoms with Gasteiger partial charge in [-0.25, -0.2) is 4.39 Å². The Morgan fingerprint density at radius 2 is 1.82 bits per heavy atom. The van der Waals surface area contributed by atoms with Crippen molar-refractivity contribution < 1.29 is 28.5 Å². The molecule has 6 nitrogen and oxygen atoms in total. The van der Waals surface area contributed by atoms with Crippen molar-refractivity contribution in [3.8, 4) is 22.4 Å². The van der Waals surface area contributed by atoms with E-state index in [0.717, 1.165) is 11.8 Å². The smallest absolute Gasteiger partial charge is 0.435 e. The average molecular weight is 482 g/mol. The van der Waals surface area contributed by atoms with E-state index in [4.69, 9.17) is 9.72 Å². The summed E-state index contributed by atoms with van der Waals surface area (Å²) >= 11 is 0. The number of pyridine rings is 1. The number of halogens is 1. The SMILES string of the molecule is C=COC(=O)CC(O)C(c1c(CC)nc(-c2ccccc2)c(C)c1-c1ccc(F)cc1)[P+](=O)O. The molecular formula is C26H26FNO5P+. The highest BCUT2D eigenvalue weighted by molar-refractivity contribution is 7.38. The van der Waals surface area contributed by atoms with Crippen molar-refractivity contribution in [3.05, 3.63) is 90.1 Å². The summed E-state index contributed by atoms with van der Waals surface area (Å²) in [7, 11) is -2.98. The Kier molecular flexibility index (Phi) is 8.40. The van der Waals surface area contributed by atoms with Gasteiger partial charge in [0.05, 0.1) is 18.4 Å². The summed E-state index contributed by atoms with van der Waals surface area (Å²) < 4.78 is 31.0. The van der Waals surface area contributed by atoms with Crippen molar-refractivity contribution in [2.24, 2.45) is 0 Å². The van der Waals surface area contributed by atoms with E-state index in [1.165, 1.54) is 12.1 Å². The van der Waals surface area contributed by atoms with Crippen LogP contribution in [0.4, 0.5) is 4.39 Å². The van der Waals surface area contributed by atoms with Gasteiger partial charge in [0, 0.05) is 16.8 Å². The fraction of sp³-hybridized carbons (Fsp3) is 0.231. The number of ether oxygens (including phenoxy) is 1. The van der Waals surface area contributed by atoms with Crippen LogP contribution in [0.25, 0.3) is 22.4 Å². The predicted octanol–water partition coefficient (Wildman–Crippen LogP) is 5.64. The third-order valence-electron chi connectivity index (χ3n) is 5.56. The van der Waals surface area contributed by atoms with Crippen molar-refractivity contribution >= 4 is 14.0 Å². The van der Waals surface area contributed by atoms with Crippen molar-refractivity contribution in [1.29, 1.82) is 0 Å². The number of hydrogen-bond acceptors (Lipinski definition) is 5. The van der Waals surface area contributed by atoms with Crippen LogP contribution in [0.5, 0.6) is 0 Å². The molecule has 0 saturated carbocycles. The Hall–Kier alpha value is -3.25. The first-order valence-corrected chi connectivity index (χ1v) is 12.0. The second-order valence-electron chi connectivity index (χ2n) is 7.72. The lowest BCUT2D eigenvalue weighted by Crippen LogP contribution is -2.23. The summed E-state index contributed by atoms with van der Waals surface area (Å²) in [4.78, 5) is 27.1. The van der Waals surface area contributed by atoms with Gasteiger partial charge in [0.1, 0.15) is 11.9 Å². The Bertz CT molecular complexity index is 1200. The molecule has 176 valence electrons. The number of carbonyl (C=O) groups is 1. The van der Waals surface area contributed by atoms with Crippen LogP contribution < -0.4 is 0 Å². The molecule has 2 aromatic carbocycles. The molecule has 3 unspecified atom stereocenters. The van der Waals surface area contributed by atoms with Gasteiger partial charge in [-0.15, -0.1) is 0 Å². The summed E-state index contributed by atoms with van der Waals surface area (Å²) in [6.07, 6.45) is -0.698. The molecule has 0 spiro atoms. The zero-order chi connectivity index (χ0) is 24.8. The van der Waals surface area contributed by atoms with E-state index in [-0.39, 0.29) is 0 Å². The van der Waals surface area contributed by atoms with Crippen LogP contribution in [0.2, 0.25) is 0 Å². The van der Waals surface area contributed by atoms with Crippen LogP contribution >= 0.6 is 8.03 Å². The minimum atomic E-state index is -2.98. The largest absolute Gasteiger partial charge is 0.516 e. The molecule has 0 radical (unpaired) electrons. The van der Waals surface area contributed by atoms with Gasteiger partial charge < -0.3 is 9.84 Å². The Balaban J connectivity index is 2.32. The number of esters is 1.